The fourth-order valence-electron chi connectivity index (χ4n) is 3.79. The molecule has 1 rings (SSSR count). The second-order valence-corrected chi connectivity index (χ2v) is 10.2. The molecule has 0 saturated carbocycles. The number of halogens is 2. The normalized spacial score (nSPS) is 13.1. The predicted molar refractivity (Wildman–Crippen MR) is 141 cm³/mol. The molecule has 2 amide bonds. The van der Waals surface area contributed by atoms with E-state index in [-0.39, 0.29) is 18.2 Å². The van der Waals surface area contributed by atoms with Crippen molar-refractivity contribution in [1.82, 2.24) is 15.5 Å². The van der Waals surface area contributed by atoms with Crippen LogP contribution < -0.4 is 10.6 Å². The molecule has 0 aliphatic rings. The Bertz CT molecular complexity index is 720. The molecule has 1 aromatic carbocycles. The Morgan fingerprint density at radius 2 is 1.65 bits per heavy atom. The summed E-state index contributed by atoms with van der Waals surface area (Å²) < 4.78 is 0. The van der Waals surface area contributed by atoms with Crippen LogP contribution in [0.25, 0.3) is 0 Å². The van der Waals surface area contributed by atoms with Gasteiger partial charge in [0.15, 0.2) is 0 Å². The average molecular weight is 517 g/mol. The van der Waals surface area contributed by atoms with Crippen LogP contribution >= 0.6 is 23.2 Å². The number of nitrogens with one attached hydrogen (secondary N) is 2. The summed E-state index contributed by atoms with van der Waals surface area (Å²) in [7, 11) is 0. The number of hydrogen-bond donors (Lipinski definition) is 3. The summed E-state index contributed by atoms with van der Waals surface area (Å²) in [6.45, 7) is 11.1. The molecular weight excluding hydrogens is 473 g/mol. The highest BCUT2D eigenvalue weighted by Gasteiger charge is 2.22. The van der Waals surface area contributed by atoms with Gasteiger partial charge in [-0.3, -0.25) is 9.59 Å². The quantitative estimate of drug-likeness (QED) is 0.259. The fourth-order valence-corrected chi connectivity index (χ4v) is 4.36. The lowest BCUT2D eigenvalue weighted by molar-refractivity contribution is -0.131. The Morgan fingerprint density at radius 3 is 2.21 bits per heavy atom. The molecule has 6 nitrogen and oxygen atoms in total. The molecule has 0 spiro atoms. The van der Waals surface area contributed by atoms with Crippen LogP contribution in [-0.2, 0) is 16.0 Å². The van der Waals surface area contributed by atoms with Crippen LogP contribution in [0.1, 0.15) is 71.8 Å². The molecule has 0 fully saturated rings. The monoisotopic (exact) mass is 515 g/mol. The van der Waals surface area contributed by atoms with Crippen molar-refractivity contribution in [3.63, 3.8) is 0 Å². The van der Waals surface area contributed by atoms with Crippen molar-refractivity contribution in [2.75, 3.05) is 26.2 Å². The molecule has 2 atom stereocenters. The molecule has 8 heteroatoms. The van der Waals surface area contributed by atoms with E-state index in [0.29, 0.717) is 41.8 Å². The molecule has 3 N–H and O–H groups in total. The van der Waals surface area contributed by atoms with Gasteiger partial charge in [-0.2, -0.15) is 0 Å². The van der Waals surface area contributed by atoms with Gasteiger partial charge in [0.1, 0.15) is 0 Å². The van der Waals surface area contributed by atoms with Gasteiger partial charge in [0, 0.05) is 42.5 Å². The summed E-state index contributed by atoms with van der Waals surface area (Å²) in [4.78, 5) is 27.0. The van der Waals surface area contributed by atoms with E-state index in [1.807, 2.05) is 4.90 Å². The molecule has 1 aromatic rings. The second kappa shape index (κ2) is 17.1. The zero-order valence-electron chi connectivity index (χ0n) is 21.2. The van der Waals surface area contributed by atoms with E-state index in [1.165, 1.54) is 0 Å². The average Bonchev–Trinajstić information content (AvgIpc) is 2.75. The third-order valence-corrected chi connectivity index (χ3v) is 6.01. The van der Waals surface area contributed by atoms with Crippen LogP contribution in [0.4, 0.5) is 0 Å². The SMILES string of the molecule is CCCN(CCC)C(=O)CCCC(=O)N[C@@H](Cc1cc(Cl)cc(Cl)c1)[C@H](O)CNCCC(C)C. The molecular formula is C26H43Cl2N3O3. The van der Waals surface area contributed by atoms with E-state index in [2.05, 4.69) is 38.3 Å². The van der Waals surface area contributed by atoms with E-state index in [1.54, 1.807) is 18.2 Å². The summed E-state index contributed by atoms with van der Waals surface area (Å²) in [5.74, 6) is 0.489. The second-order valence-electron chi connectivity index (χ2n) is 9.34. The highest BCUT2D eigenvalue weighted by molar-refractivity contribution is 6.34. The molecule has 34 heavy (non-hydrogen) atoms. The van der Waals surface area contributed by atoms with Crippen LogP contribution in [0.2, 0.25) is 10.0 Å². The number of nitrogens with zero attached hydrogens (tertiary/aromatic N) is 1. The van der Waals surface area contributed by atoms with Crippen molar-refractivity contribution >= 4 is 35.0 Å². The minimum atomic E-state index is -0.778. The Balaban J connectivity index is 2.69. The summed E-state index contributed by atoms with van der Waals surface area (Å²) in [5, 5.41) is 18.1. The zero-order valence-corrected chi connectivity index (χ0v) is 22.7. The van der Waals surface area contributed by atoms with Gasteiger partial charge < -0.3 is 20.6 Å². The van der Waals surface area contributed by atoms with Crippen LogP contribution in [0.3, 0.4) is 0 Å². The Kier molecular flexibility index (Phi) is 15.5. The Hall–Kier alpha value is -1.34. The first-order valence-electron chi connectivity index (χ1n) is 12.6. The molecule has 0 heterocycles. The molecule has 0 bridgehead atoms. The standard InChI is InChI=1S/C26H43Cl2N3O3/c1-5-12-31(13-6-2)26(34)9-7-8-25(33)30-23(24(32)18-29-11-10-19(3)4)16-20-14-21(27)17-22(28)15-20/h14-15,17,19,23-24,29,32H,5-13,16,18H2,1-4H3,(H,30,33)/t23-,24+/m0/s1. The number of carbonyl (C=O) groups is 2. The maximum absolute atomic E-state index is 12.7. The minimum absolute atomic E-state index is 0.0935. The van der Waals surface area contributed by atoms with Crippen molar-refractivity contribution in [3.8, 4) is 0 Å². The molecule has 194 valence electrons. The third kappa shape index (κ3) is 12.9. The van der Waals surface area contributed by atoms with Crippen LogP contribution in [0.15, 0.2) is 18.2 Å². The smallest absolute Gasteiger partial charge is 0.222 e. The van der Waals surface area contributed by atoms with Gasteiger partial charge in [-0.1, -0.05) is 50.9 Å². The lowest BCUT2D eigenvalue weighted by Crippen LogP contribution is -2.49. The van der Waals surface area contributed by atoms with Crippen molar-refractivity contribution in [3.05, 3.63) is 33.8 Å². The van der Waals surface area contributed by atoms with Crippen LogP contribution in [0.5, 0.6) is 0 Å². The van der Waals surface area contributed by atoms with Crippen molar-refractivity contribution in [2.45, 2.75) is 84.8 Å². The topological polar surface area (TPSA) is 81.7 Å². The lowest BCUT2D eigenvalue weighted by Gasteiger charge is -2.25. The van der Waals surface area contributed by atoms with Crippen LogP contribution in [0, 0.1) is 5.92 Å². The Labute approximate surface area is 215 Å². The zero-order chi connectivity index (χ0) is 25.5. The first-order valence-corrected chi connectivity index (χ1v) is 13.3. The molecule has 0 saturated heterocycles. The third-order valence-electron chi connectivity index (χ3n) is 5.57. The van der Waals surface area contributed by atoms with E-state index < -0.39 is 12.1 Å². The number of aliphatic hydroxyl groups excluding tert-OH is 1. The maximum atomic E-state index is 12.7. The van der Waals surface area contributed by atoms with Gasteiger partial charge >= 0.3 is 0 Å². The fraction of sp³-hybridized carbons (Fsp3) is 0.692. The van der Waals surface area contributed by atoms with Gasteiger partial charge in [0.2, 0.25) is 11.8 Å². The van der Waals surface area contributed by atoms with E-state index in [0.717, 1.165) is 44.5 Å². The van der Waals surface area contributed by atoms with E-state index >= 15 is 0 Å². The highest BCUT2D eigenvalue weighted by Crippen LogP contribution is 2.20. The minimum Gasteiger partial charge on any atom is -0.390 e. The number of aliphatic hydroxyl groups is 1. The van der Waals surface area contributed by atoms with Gasteiger partial charge in [-0.05, 0) is 68.3 Å². The molecule has 0 aliphatic carbocycles. The largest absolute Gasteiger partial charge is 0.390 e. The summed E-state index contributed by atoms with van der Waals surface area (Å²) >= 11 is 12.3. The first-order chi connectivity index (χ1) is 16.2. The number of rotatable bonds is 17. The molecule has 0 radical (unpaired) electrons. The number of hydrogen-bond acceptors (Lipinski definition) is 4. The first kappa shape index (κ1) is 30.7. The van der Waals surface area contributed by atoms with Gasteiger partial charge in [-0.15, -0.1) is 0 Å². The van der Waals surface area contributed by atoms with Gasteiger partial charge in [0.25, 0.3) is 0 Å². The van der Waals surface area contributed by atoms with Crippen molar-refractivity contribution < 1.29 is 14.7 Å². The van der Waals surface area contributed by atoms with Crippen molar-refractivity contribution in [2.24, 2.45) is 5.92 Å². The lowest BCUT2D eigenvalue weighted by atomic mass is 10.0. The maximum Gasteiger partial charge on any atom is 0.222 e. The summed E-state index contributed by atoms with van der Waals surface area (Å²) in [6.07, 6.45) is 3.54. The summed E-state index contributed by atoms with van der Waals surface area (Å²) in [5.41, 5.74) is 0.842. The molecule has 0 aromatic heterocycles. The molecule has 0 unspecified atom stereocenters. The number of carbonyl (C=O) groups excluding carboxylic acids is 2. The van der Waals surface area contributed by atoms with E-state index in [4.69, 9.17) is 23.2 Å². The number of amides is 2. The van der Waals surface area contributed by atoms with Crippen LogP contribution in [-0.4, -0.2) is 60.1 Å². The molecule has 0 aliphatic heterocycles. The van der Waals surface area contributed by atoms with E-state index in [9.17, 15) is 14.7 Å². The van der Waals surface area contributed by atoms with Gasteiger partial charge in [-0.25, -0.2) is 0 Å². The van der Waals surface area contributed by atoms with Crippen molar-refractivity contribution in [1.29, 1.82) is 0 Å². The summed E-state index contributed by atoms with van der Waals surface area (Å²) in [6, 6.07) is 4.74. The number of benzene rings is 1. The van der Waals surface area contributed by atoms with Gasteiger partial charge in [0.05, 0.1) is 12.1 Å². The highest BCUT2D eigenvalue weighted by atomic mass is 35.5. The Morgan fingerprint density at radius 1 is 1.03 bits per heavy atom. The predicted octanol–water partition coefficient (Wildman–Crippen LogP) is 4.84.